The van der Waals surface area contributed by atoms with Crippen molar-refractivity contribution in [2.24, 2.45) is 0 Å². The van der Waals surface area contributed by atoms with E-state index in [-0.39, 0.29) is 17.5 Å². The molecule has 0 radical (unpaired) electrons. The molecule has 5 nitrogen and oxygen atoms in total. The molecule has 1 unspecified atom stereocenters. The zero-order valence-corrected chi connectivity index (χ0v) is 12.2. The molecule has 106 valence electrons. The van der Waals surface area contributed by atoms with Gasteiger partial charge in [0.25, 0.3) is 0 Å². The molecular weight excluding hydrogens is 266 g/mol. The third-order valence-electron chi connectivity index (χ3n) is 3.32. The lowest BCUT2D eigenvalue weighted by Gasteiger charge is -2.17. The van der Waals surface area contributed by atoms with Gasteiger partial charge in [0.15, 0.2) is 21.3 Å². The van der Waals surface area contributed by atoms with E-state index in [4.69, 9.17) is 9.47 Å². The van der Waals surface area contributed by atoms with E-state index in [1.165, 1.54) is 0 Å². The molecule has 0 aromatic heterocycles. The van der Waals surface area contributed by atoms with E-state index >= 15 is 0 Å². The van der Waals surface area contributed by atoms with E-state index in [0.29, 0.717) is 17.9 Å². The molecule has 0 bridgehead atoms. The van der Waals surface area contributed by atoms with Crippen molar-refractivity contribution in [1.82, 2.24) is 0 Å². The molecule has 0 spiro atoms. The van der Waals surface area contributed by atoms with Gasteiger partial charge in [-0.05, 0) is 25.0 Å². The number of hydrogen-bond acceptors (Lipinski definition) is 5. The zero-order valence-electron chi connectivity index (χ0n) is 11.4. The monoisotopic (exact) mass is 285 g/mol. The smallest absolute Gasteiger partial charge is 0.162 e. The molecule has 0 aliphatic carbocycles. The minimum atomic E-state index is -2.88. The van der Waals surface area contributed by atoms with Crippen molar-refractivity contribution in [3.05, 3.63) is 17.7 Å². The first-order valence-corrected chi connectivity index (χ1v) is 7.97. The maximum atomic E-state index is 11.5. The zero-order chi connectivity index (χ0) is 14.0. The maximum Gasteiger partial charge on any atom is 0.162 e. The second kappa shape index (κ2) is 5.28. The number of sulfone groups is 1. The molecule has 1 aromatic rings. The molecule has 2 rings (SSSR count). The predicted molar refractivity (Wildman–Crippen MR) is 75.0 cm³/mol. The first-order chi connectivity index (χ1) is 8.95. The number of nitrogens with one attached hydrogen (secondary N) is 1. The van der Waals surface area contributed by atoms with Crippen LogP contribution in [0.5, 0.6) is 11.5 Å². The van der Waals surface area contributed by atoms with Crippen LogP contribution >= 0.6 is 0 Å². The van der Waals surface area contributed by atoms with Gasteiger partial charge in [0.1, 0.15) is 0 Å². The van der Waals surface area contributed by atoms with Crippen molar-refractivity contribution in [3.8, 4) is 11.5 Å². The van der Waals surface area contributed by atoms with E-state index < -0.39 is 9.84 Å². The van der Waals surface area contributed by atoms with E-state index in [0.717, 1.165) is 11.3 Å². The Morgan fingerprint density at radius 1 is 1.21 bits per heavy atom. The van der Waals surface area contributed by atoms with E-state index in [9.17, 15) is 8.42 Å². The van der Waals surface area contributed by atoms with Gasteiger partial charge in [-0.3, -0.25) is 0 Å². The predicted octanol–water partition coefficient (Wildman–Crippen LogP) is 1.61. The Balaban J connectivity index is 2.21. The Labute approximate surface area is 113 Å². The first-order valence-electron chi connectivity index (χ1n) is 6.15. The summed E-state index contributed by atoms with van der Waals surface area (Å²) in [6, 6.07) is 3.70. The van der Waals surface area contributed by atoms with E-state index in [1.54, 1.807) is 14.2 Å². The Kier molecular flexibility index (Phi) is 3.89. The molecule has 1 atom stereocenters. The van der Waals surface area contributed by atoms with Crippen LogP contribution in [0.3, 0.4) is 0 Å². The number of benzene rings is 1. The summed E-state index contributed by atoms with van der Waals surface area (Å²) in [5, 5.41) is 3.28. The van der Waals surface area contributed by atoms with Crippen LogP contribution in [0, 0.1) is 6.92 Å². The van der Waals surface area contributed by atoms with Crippen molar-refractivity contribution < 1.29 is 17.9 Å². The first kappa shape index (κ1) is 14.0. The van der Waals surface area contributed by atoms with Crippen molar-refractivity contribution in [2.45, 2.75) is 19.4 Å². The van der Waals surface area contributed by atoms with Crippen LogP contribution < -0.4 is 14.8 Å². The van der Waals surface area contributed by atoms with Crippen LogP contribution in [0.4, 0.5) is 5.69 Å². The summed E-state index contributed by atoms with van der Waals surface area (Å²) in [5.74, 6) is 1.76. The quantitative estimate of drug-likeness (QED) is 0.910. The van der Waals surface area contributed by atoms with Gasteiger partial charge < -0.3 is 14.8 Å². The molecule has 1 aliphatic heterocycles. The lowest BCUT2D eigenvalue weighted by atomic mass is 10.1. The fourth-order valence-corrected chi connectivity index (χ4v) is 3.94. The highest BCUT2D eigenvalue weighted by Gasteiger charge is 2.28. The summed E-state index contributed by atoms with van der Waals surface area (Å²) < 4.78 is 33.4. The van der Waals surface area contributed by atoms with Gasteiger partial charge in [0, 0.05) is 17.8 Å². The van der Waals surface area contributed by atoms with Gasteiger partial charge >= 0.3 is 0 Å². The summed E-state index contributed by atoms with van der Waals surface area (Å²) in [4.78, 5) is 0. The lowest BCUT2D eigenvalue weighted by Crippen LogP contribution is -2.21. The van der Waals surface area contributed by atoms with Crippen molar-refractivity contribution >= 4 is 15.5 Å². The van der Waals surface area contributed by atoms with Gasteiger partial charge in [-0.15, -0.1) is 0 Å². The van der Waals surface area contributed by atoms with Crippen LogP contribution in [0.2, 0.25) is 0 Å². The molecule has 0 saturated carbocycles. The summed E-state index contributed by atoms with van der Waals surface area (Å²) in [7, 11) is 0.296. The third kappa shape index (κ3) is 3.12. The second-order valence-corrected chi connectivity index (χ2v) is 7.00. The Bertz CT molecular complexity index is 568. The summed E-state index contributed by atoms with van der Waals surface area (Å²) in [6.45, 7) is 1.95. The minimum absolute atomic E-state index is 0.0261. The average molecular weight is 285 g/mol. The van der Waals surface area contributed by atoms with Crippen LogP contribution in [0.15, 0.2) is 12.1 Å². The normalized spacial score (nSPS) is 21.1. The number of aryl methyl sites for hydroxylation is 1. The third-order valence-corrected chi connectivity index (χ3v) is 5.09. The highest BCUT2D eigenvalue weighted by atomic mass is 32.2. The molecule has 1 aromatic carbocycles. The molecule has 1 N–H and O–H groups in total. The standard InChI is InChI=1S/C13H19NO4S/c1-9-6-12(17-2)13(18-3)7-11(9)14-10-4-5-19(15,16)8-10/h6-7,10,14H,4-5,8H2,1-3H3. The molecule has 19 heavy (non-hydrogen) atoms. The maximum absolute atomic E-state index is 11.5. The Morgan fingerprint density at radius 2 is 1.84 bits per heavy atom. The van der Waals surface area contributed by atoms with Crippen LogP contribution in [-0.2, 0) is 9.84 Å². The molecule has 1 saturated heterocycles. The molecule has 1 heterocycles. The molecule has 1 aliphatic rings. The number of anilines is 1. The second-order valence-electron chi connectivity index (χ2n) is 4.77. The lowest BCUT2D eigenvalue weighted by molar-refractivity contribution is 0.355. The van der Waals surface area contributed by atoms with Crippen LogP contribution in [0.1, 0.15) is 12.0 Å². The number of hydrogen-bond donors (Lipinski definition) is 1. The average Bonchev–Trinajstić information content (AvgIpc) is 2.70. The van der Waals surface area contributed by atoms with Crippen molar-refractivity contribution in [2.75, 3.05) is 31.0 Å². The van der Waals surface area contributed by atoms with Gasteiger partial charge in [0.2, 0.25) is 0 Å². The summed E-state index contributed by atoms with van der Waals surface area (Å²) >= 11 is 0. The summed E-state index contributed by atoms with van der Waals surface area (Å²) in [5.41, 5.74) is 1.89. The highest BCUT2D eigenvalue weighted by molar-refractivity contribution is 7.91. The van der Waals surface area contributed by atoms with Gasteiger partial charge in [-0.25, -0.2) is 8.42 Å². The van der Waals surface area contributed by atoms with Crippen LogP contribution in [0.25, 0.3) is 0 Å². The molecule has 0 amide bonds. The number of methoxy groups -OCH3 is 2. The Hall–Kier alpha value is -1.43. The van der Waals surface area contributed by atoms with Gasteiger partial charge in [-0.1, -0.05) is 0 Å². The fourth-order valence-electron chi connectivity index (χ4n) is 2.26. The number of rotatable bonds is 4. The fraction of sp³-hybridized carbons (Fsp3) is 0.538. The topological polar surface area (TPSA) is 64.6 Å². The highest BCUT2D eigenvalue weighted by Crippen LogP contribution is 2.33. The Morgan fingerprint density at radius 3 is 2.37 bits per heavy atom. The minimum Gasteiger partial charge on any atom is -0.493 e. The van der Waals surface area contributed by atoms with Crippen LogP contribution in [-0.4, -0.2) is 40.2 Å². The van der Waals surface area contributed by atoms with E-state index in [1.807, 2.05) is 19.1 Å². The summed E-state index contributed by atoms with van der Waals surface area (Å²) in [6.07, 6.45) is 0.649. The molecular formula is C13H19NO4S. The van der Waals surface area contributed by atoms with Crippen molar-refractivity contribution in [1.29, 1.82) is 0 Å². The van der Waals surface area contributed by atoms with Gasteiger partial charge in [0.05, 0.1) is 25.7 Å². The SMILES string of the molecule is COc1cc(C)c(NC2CCS(=O)(=O)C2)cc1OC. The molecule has 6 heteroatoms. The van der Waals surface area contributed by atoms with E-state index in [2.05, 4.69) is 5.32 Å². The van der Waals surface area contributed by atoms with Gasteiger partial charge in [-0.2, -0.15) is 0 Å². The largest absolute Gasteiger partial charge is 0.493 e. The molecule has 1 fully saturated rings. The van der Waals surface area contributed by atoms with Crippen molar-refractivity contribution in [3.63, 3.8) is 0 Å². The number of ether oxygens (including phenoxy) is 2.